The quantitative estimate of drug-likeness (QED) is 0.405. The maximum absolute atomic E-state index is 12.9. The van der Waals surface area contributed by atoms with Crippen LogP contribution in [0.25, 0.3) is 0 Å². The summed E-state index contributed by atoms with van der Waals surface area (Å²) >= 11 is 0. The van der Waals surface area contributed by atoms with Crippen LogP contribution < -0.4 is 14.8 Å². The monoisotopic (exact) mass is 596 g/mol. The Morgan fingerprint density at radius 2 is 1.76 bits per heavy atom. The average Bonchev–Trinajstić information content (AvgIpc) is 2.90. The highest BCUT2D eigenvalue weighted by Crippen LogP contribution is 2.30. The van der Waals surface area contributed by atoms with Gasteiger partial charge in [0.15, 0.2) is 0 Å². The molecule has 0 bridgehead atoms. The largest absolute Gasteiger partial charge is 0.573 e. The molecule has 0 saturated carbocycles. The smallest absolute Gasteiger partial charge is 0.406 e. The summed E-state index contributed by atoms with van der Waals surface area (Å²) < 4.78 is 69.5. The minimum absolute atomic E-state index is 0.00796. The first kappa shape index (κ1) is 31.0. The van der Waals surface area contributed by atoms with Crippen LogP contribution in [0.3, 0.4) is 0 Å². The number of sulfonamides is 1. The number of amides is 2. The van der Waals surface area contributed by atoms with Crippen molar-refractivity contribution >= 4 is 21.7 Å². The second kappa shape index (κ2) is 12.9. The molecule has 1 aliphatic heterocycles. The number of nitrogens with zero attached hydrogens (tertiary/aromatic N) is 2. The first-order valence-electron chi connectivity index (χ1n) is 14.1. The number of hydrogen-bond acceptors (Lipinski definition) is 5. The normalized spacial score (nSPS) is 18.3. The zero-order valence-corrected chi connectivity index (χ0v) is 24.5. The number of aryl methyl sites for hydroxylation is 1. The van der Waals surface area contributed by atoms with Crippen LogP contribution in [0.15, 0.2) is 47.4 Å². The van der Waals surface area contributed by atoms with Crippen molar-refractivity contribution in [2.75, 3.05) is 30.9 Å². The fourth-order valence-electron chi connectivity index (χ4n) is 5.67. The number of nitrogens with one attached hydrogen (secondary N) is 2. The summed E-state index contributed by atoms with van der Waals surface area (Å²) in [5.74, 6) is 0.0319. The van der Waals surface area contributed by atoms with Crippen molar-refractivity contribution in [3.63, 3.8) is 0 Å². The van der Waals surface area contributed by atoms with Gasteiger partial charge < -0.3 is 19.9 Å². The number of likely N-dealkylation sites (N-methyl/N-ethyl adjacent to an activating group) is 1. The van der Waals surface area contributed by atoms with Gasteiger partial charge in [-0.05, 0) is 106 Å². The minimum Gasteiger partial charge on any atom is -0.406 e. The van der Waals surface area contributed by atoms with Gasteiger partial charge >= 0.3 is 12.4 Å². The van der Waals surface area contributed by atoms with Crippen LogP contribution in [-0.4, -0.2) is 68.9 Å². The number of piperidine rings is 1. The van der Waals surface area contributed by atoms with Crippen LogP contribution in [0.5, 0.6) is 5.75 Å². The van der Waals surface area contributed by atoms with Crippen molar-refractivity contribution in [3.8, 4) is 5.75 Å². The lowest BCUT2D eigenvalue weighted by atomic mass is 9.86. The highest BCUT2D eigenvalue weighted by molar-refractivity contribution is 7.92. The zero-order valence-electron chi connectivity index (χ0n) is 23.7. The van der Waals surface area contributed by atoms with Crippen molar-refractivity contribution in [1.29, 1.82) is 0 Å². The van der Waals surface area contributed by atoms with E-state index in [0.29, 0.717) is 17.6 Å². The molecule has 0 radical (unpaired) electrons. The SMILES string of the molecule is CCN(CC1CCN(C(=O)NC(C)C)CC1)C1CCc2ccc(NS(=O)(=O)c3ccc(OC(F)(F)F)cc3)cc2C1. The van der Waals surface area contributed by atoms with E-state index in [1.54, 1.807) is 6.07 Å². The van der Waals surface area contributed by atoms with Gasteiger partial charge in [-0.25, -0.2) is 13.2 Å². The van der Waals surface area contributed by atoms with Gasteiger partial charge in [0.2, 0.25) is 0 Å². The number of likely N-dealkylation sites (tertiary alicyclic amines) is 1. The Kier molecular flexibility index (Phi) is 9.73. The van der Waals surface area contributed by atoms with Crippen molar-refractivity contribution < 1.29 is 31.1 Å². The number of rotatable bonds is 9. The van der Waals surface area contributed by atoms with E-state index >= 15 is 0 Å². The Morgan fingerprint density at radius 3 is 2.37 bits per heavy atom. The molecule has 1 aliphatic carbocycles. The topological polar surface area (TPSA) is 91.0 Å². The number of fused-ring (bicyclic) bond motifs is 1. The number of urea groups is 1. The fourth-order valence-corrected chi connectivity index (χ4v) is 6.72. The molecule has 1 heterocycles. The molecule has 1 unspecified atom stereocenters. The molecule has 1 atom stereocenters. The molecule has 1 fully saturated rings. The molecule has 12 heteroatoms. The Hall–Kier alpha value is -2.99. The number of alkyl halides is 3. The molecular formula is C29H39F3N4O4S. The highest BCUT2D eigenvalue weighted by atomic mass is 32.2. The lowest BCUT2D eigenvalue weighted by molar-refractivity contribution is -0.274. The first-order valence-corrected chi connectivity index (χ1v) is 15.6. The third-order valence-corrected chi connectivity index (χ3v) is 9.15. The Bertz CT molecular complexity index is 1290. The Labute approximate surface area is 240 Å². The summed E-state index contributed by atoms with van der Waals surface area (Å²) in [5.41, 5.74) is 2.70. The van der Waals surface area contributed by atoms with Gasteiger partial charge in [-0.3, -0.25) is 4.72 Å². The van der Waals surface area contributed by atoms with E-state index in [4.69, 9.17) is 0 Å². The molecule has 4 rings (SSSR count). The highest BCUT2D eigenvalue weighted by Gasteiger charge is 2.31. The van der Waals surface area contributed by atoms with Gasteiger partial charge in [-0.2, -0.15) is 0 Å². The molecule has 0 spiro atoms. The maximum atomic E-state index is 12.9. The van der Waals surface area contributed by atoms with Crippen molar-refractivity contribution in [1.82, 2.24) is 15.1 Å². The Balaban J connectivity index is 1.36. The van der Waals surface area contributed by atoms with Gasteiger partial charge in [0.1, 0.15) is 5.75 Å². The lowest BCUT2D eigenvalue weighted by Crippen LogP contribution is -2.48. The van der Waals surface area contributed by atoms with E-state index in [-0.39, 0.29) is 17.0 Å². The number of benzene rings is 2. The van der Waals surface area contributed by atoms with E-state index in [2.05, 4.69) is 26.6 Å². The van der Waals surface area contributed by atoms with Gasteiger partial charge in [-0.15, -0.1) is 13.2 Å². The number of carbonyl (C=O) groups is 1. The van der Waals surface area contributed by atoms with Crippen LogP contribution in [0.4, 0.5) is 23.7 Å². The summed E-state index contributed by atoms with van der Waals surface area (Å²) in [6.07, 6.45) is -0.180. The van der Waals surface area contributed by atoms with E-state index in [0.717, 1.165) is 88.1 Å². The number of halogens is 3. The number of carbonyl (C=O) groups excluding carboxylic acids is 1. The number of hydrogen-bond donors (Lipinski definition) is 2. The first-order chi connectivity index (χ1) is 19.3. The van der Waals surface area contributed by atoms with Gasteiger partial charge in [0, 0.05) is 37.4 Å². The van der Waals surface area contributed by atoms with Crippen LogP contribution in [0, 0.1) is 5.92 Å². The predicted molar refractivity (Wildman–Crippen MR) is 151 cm³/mol. The van der Waals surface area contributed by atoms with E-state index in [1.165, 1.54) is 5.56 Å². The second-order valence-corrected chi connectivity index (χ2v) is 12.8. The summed E-state index contributed by atoms with van der Waals surface area (Å²) in [6.45, 7) is 9.48. The standard InChI is InChI=1S/C29H39F3N4O4S/c1-4-35(19-21-13-15-36(16-14-21)28(37)33-20(2)3)25-8-6-22-5-7-24(17-23(22)18-25)34-41(38,39)27-11-9-26(10-12-27)40-29(30,31)32/h5,7,9-12,17,20-21,25,34H,4,6,8,13-16,18-19H2,1-3H3,(H,33,37). The Morgan fingerprint density at radius 1 is 1.07 bits per heavy atom. The molecule has 0 aromatic heterocycles. The fraction of sp³-hybridized carbons (Fsp3) is 0.552. The van der Waals surface area contributed by atoms with Gasteiger partial charge in [-0.1, -0.05) is 13.0 Å². The van der Waals surface area contributed by atoms with Crippen molar-refractivity contribution in [3.05, 3.63) is 53.6 Å². The molecule has 2 aromatic rings. The summed E-state index contributed by atoms with van der Waals surface area (Å²) in [6, 6.07) is 10.1. The number of ether oxygens (including phenoxy) is 1. The van der Waals surface area contributed by atoms with E-state index < -0.39 is 22.1 Å². The van der Waals surface area contributed by atoms with Crippen LogP contribution in [0.1, 0.15) is 51.2 Å². The molecule has 2 N–H and O–H groups in total. The second-order valence-electron chi connectivity index (χ2n) is 11.1. The molecule has 41 heavy (non-hydrogen) atoms. The summed E-state index contributed by atoms with van der Waals surface area (Å²) in [7, 11) is -4.00. The maximum Gasteiger partial charge on any atom is 0.573 e. The van der Waals surface area contributed by atoms with Crippen molar-refractivity contribution in [2.24, 2.45) is 5.92 Å². The zero-order chi connectivity index (χ0) is 29.8. The van der Waals surface area contributed by atoms with E-state index in [1.807, 2.05) is 30.9 Å². The number of anilines is 1. The van der Waals surface area contributed by atoms with Crippen LogP contribution in [-0.2, 0) is 22.9 Å². The molecule has 8 nitrogen and oxygen atoms in total. The molecule has 2 amide bonds. The van der Waals surface area contributed by atoms with Crippen molar-refractivity contribution in [2.45, 2.75) is 76.2 Å². The molecule has 226 valence electrons. The predicted octanol–water partition coefficient (Wildman–Crippen LogP) is 5.40. The molecule has 2 aromatic carbocycles. The molecule has 1 saturated heterocycles. The third kappa shape index (κ3) is 8.51. The molecular weight excluding hydrogens is 557 g/mol. The van der Waals surface area contributed by atoms with Gasteiger partial charge in [0.05, 0.1) is 4.90 Å². The average molecular weight is 597 g/mol. The van der Waals surface area contributed by atoms with Gasteiger partial charge in [0.25, 0.3) is 10.0 Å². The summed E-state index contributed by atoms with van der Waals surface area (Å²) in [4.78, 5) is 16.6. The van der Waals surface area contributed by atoms with E-state index in [9.17, 15) is 26.4 Å². The van der Waals surface area contributed by atoms with Crippen LogP contribution in [0.2, 0.25) is 0 Å². The lowest BCUT2D eigenvalue weighted by Gasteiger charge is -2.39. The molecule has 2 aliphatic rings. The third-order valence-electron chi connectivity index (χ3n) is 7.76. The van der Waals surface area contributed by atoms with Crippen LogP contribution >= 0.6 is 0 Å². The minimum atomic E-state index is -4.85. The summed E-state index contributed by atoms with van der Waals surface area (Å²) in [5, 5.41) is 2.97.